The molecule has 0 aromatic heterocycles. The fourth-order valence-corrected chi connectivity index (χ4v) is 2.34. The number of benzene rings is 1. The Kier molecular flexibility index (Phi) is 6.30. The van der Waals surface area contributed by atoms with Crippen molar-refractivity contribution in [3.8, 4) is 0 Å². The van der Waals surface area contributed by atoms with Crippen LogP contribution >= 0.6 is 12.2 Å². The van der Waals surface area contributed by atoms with Gasteiger partial charge in [-0.1, -0.05) is 49.5 Å². The van der Waals surface area contributed by atoms with Crippen molar-refractivity contribution in [3.05, 3.63) is 35.9 Å². The molecule has 1 unspecified atom stereocenters. The van der Waals surface area contributed by atoms with Gasteiger partial charge in [-0.25, -0.2) is 0 Å². The van der Waals surface area contributed by atoms with Gasteiger partial charge in [-0.05, 0) is 32.4 Å². The molecule has 0 aliphatic heterocycles. The molecule has 0 aliphatic rings. The molecule has 100 valence electrons. The lowest BCUT2D eigenvalue weighted by Crippen LogP contribution is -2.38. The number of rotatable bonds is 7. The maximum absolute atomic E-state index is 5.92. The van der Waals surface area contributed by atoms with Crippen LogP contribution in [0.1, 0.15) is 38.7 Å². The van der Waals surface area contributed by atoms with Crippen LogP contribution in [0.4, 0.5) is 0 Å². The zero-order valence-corrected chi connectivity index (χ0v) is 12.4. The standard InChI is InChI=1S/C15H24N2S/c1-4-10-17(12(2)3)11-14(15(16)18)13-8-6-5-7-9-13/h5-9,12,14H,4,10-11H2,1-3H3,(H2,16,18). The normalized spacial score (nSPS) is 12.9. The molecule has 0 amide bonds. The van der Waals surface area contributed by atoms with Crippen LogP contribution < -0.4 is 5.73 Å². The lowest BCUT2D eigenvalue weighted by atomic mass is 9.98. The minimum Gasteiger partial charge on any atom is -0.393 e. The maximum atomic E-state index is 5.92. The molecule has 2 nitrogen and oxygen atoms in total. The fourth-order valence-electron chi connectivity index (χ4n) is 2.13. The van der Waals surface area contributed by atoms with Crippen molar-refractivity contribution in [1.82, 2.24) is 4.90 Å². The van der Waals surface area contributed by atoms with E-state index in [4.69, 9.17) is 18.0 Å². The largest absolute Gasteiger partial charge is 0.393 e. The zero-order chi connectivity index (χ0) is 13.5. The van der Waals surface area contributed by atoms with E-state index in [0.717, 1.165) is 19.5 Å². The van der Waals surface area contributed by atoms with Crippen molar-refractivity contribution in [3.63, 3.8) is 0 Å². The molecule has 1 aromatic carbocycles. The summed E-state index contributed by atoms with van der Waals surface area (Å²) >= 11 is 5.24. The molecule has 0 heterocycles. The molecule has 0 spiro atoms. The first kappa shape index (κ1) is 15.1. The molecule has 0 saturated carbocycles. The number of thiocarbonyl (C=S) groups is 1. The molecule has 1 rings (SSSR count). The predicted molar refractivity (Wildman–Crippen MR) is 83.0 cm³/mol. The Morgan fingerprint density at radius 3 is 2.33 bits per heavy atom. The summed E-state index contributed by atoms with van der Waals surface area (Å²) in [7, 11) is 0. The average molecular weight is 264 g/mol. The van der Waals surface area contributed by atoms with E-state index in [1.165, 1.54) is 5.56 Å². The third-order valence-electron chi connectivity index (χ3n) is 3.20. The van der Waals surface area contributed by atoms with Gasteiger partial charge in [-0.2, -0.15) is 0 Å². The maximum Gasteiger partial charge on any atom is 0.0816 e. The Morgan fingerprint density at radius 2 is 1.89 bits per heavy atom. The summed E-state index contributed by atoms with van der Waals surface area (Å²) in [6.07, 6.45) is 1.15. The van der Waals surface area contributed by atoms with E-state index in [-0.39, 0.29) is 5.92 Å². The van der Waals surface area contributed by atoms with Crippen molar-refractivity contribution in [1.29, 1.82) is 0 Å². The average Bonchev–Trinajstić information content (AvgIpc) is 2.34. The van der Waals surface area contributed by atoms with Crippen LogP contribution in [0, 0.1) is 0 Å². The molecule has 0 saturated heterocycles. The Balaban J connectivity index is 2.83. The molecule has 18 heavy (non-hydrogen) atoms. The number of hydrogen-bond donors (Lipinski definition) is 1. The van der Waals surface area contributed by atoms with Gasteiger partial charge in [-0.3, -0.25) is 4.90 Å². The summed E-state index contributed by atoms with van der Waals surface area (Å²) in [5.41, 5.74) is 7.13. The third kappa shape index (κ3) is 4.39. The van der Waals surface area contributed by atoms with Crippen LogP contribution in [0.3, 0.4) is 0 Å². The van der Waals surface area contributed by atoms with E-state index in [0.29, 0.717) is 11.0 Å². The Morgan fingerprint density at radius 1 is 1.28 bits per heavy atom. The minimum absolute atomic E-state index is 0.148. The molecule has 0 fully saturated rings. The van der Waals surface area contributed by atoms with Crippen molar-refractivity contribution in [2.75, 3.05) is 13.1 Å². The highest BCUT2D eigenvalue weighted by molar-refractivity contribution is 7.80. The highest BCUT2D eigenvalue weighted by Crippen LogP contribution is 2.19. The van der Waals surface area contributed by atoms with Gasteiger partial charge in [0.1, 0.15) is 0 Å². The SMILES string of the molecule is CCCN(CC(C(N)=S)c1ccccc1)C(C)C. The lowest BCUT2D eigenvalue weighted by molar-refractivity contribution is 0.220. The molecule has 2 N–H and O–H groups in total. The van der Waals surface area contributed by atoms with Gasteiger partial charge in [-0.15, -0.1) is 0 Å². The van der Waals surface area contributed by atoms with E-state index in [9.17, 15) is 0 Å². The monoisotopic (exact) mass is 264 g/mol. The van der Waals surface area contributed by atoms with Crippen LogP contribution in [0.25, 0.3) is 0 Å². The second-order valence-corrected chi connectivity index (χ2v) is 5.43. The van der Waals surface area contributed by atoms with Crippen molar-refractivity contribution in [2.45, 2.75) is 39.2 Å². The van der Waals surface area contributed by atoms with E-state index < -0.39 is 0 Å². The van der Waals surface area contributed by atoms with Gasteiger partial charge in [0.15, 0.2) is 0 Å². The van der Waals surface area contributed by atoms with Crippen LogP contribution in [-0.2, 0) is 0 Å². The van der Waals surface area contributed by atoms with Crippen molar-refractivity contribution >= 4 is 17.2 Å². The quantitative estimate of drug-likeness (QED) is 0.767. The second kappa shape index (κ2) is 7.49. The molecule has 0 bridgehead atoms. The molecule has 0 radical (unpaired) electrons. The number of nitrogens with two attached hydrogens (primary N) is 1. The highest BCUT2D eigenvalue weighted by Gasteiger charge is 2.19. The molecular formula is C15H24N2S. The summed E-state index contributed by atoms with van der Waals surface area (Å²) in [6.45, 7) is 8.64. The first-order valence-corrected chi connectivity index (χ1v) is 7.05. The van der Waals surface area contributed by atoms with Crippen LogP contribution in [0.15, 0.2) is 30.3 Å². The van der Waals surface area contributed by atoms with Crippen LogP contribution in [-0.4, -0.2) is 29.0 Å². The first-order valence-electron chi connectivity index (χ1n) is 6.64. The van der Waals surface area contributed by atoms with E-state index >= 15 is 0 Å². The summed E-state index contributed by atoms with van der Waals surface area (Å²) in [4.78, 5) is 3.03. The summed E-state index contributed by atoms with van der Waals surface area (Å²) < 4.78 is 0. The molecule has 0 aliphatic carbocycles. The third-order valence-corrected chi connectivity index (χ3v) is 3.49. The number of hydrogen-bond acceptors (Lipinski definition) is 2. The Bertz CT molecular complexity index is 362. The Hall–Kier alpha value is -0.930. The van der Waals surface area contributed by atoms with Gasteiger partial charge in [0, 0.05) is 18.5 Å². The van der Waals surface area contributed by atoms with Gasteiger partial charge in [0.25, 0.3) is 0 Å². The van der Waals surface area contributed by atoms with Crippen molar-refractivity contribution < 1.29 is 0 Å². The van der Waals surface area contributed by atoms with Gasteiger partial charge in [0.05, 0.1) is 4.99 Å². The van der Waals surface area contributed by atoms with Gasteiger partial charge >= 0.3 is 0 Å². The summed E-state index contributed by atoms with van der Waals surface area (Å²) in [6, 6.07) is 10.8. The number of nitrogens with zero attached hydrogens (tertiary/aromatic N) is 1. The van der Waals surface area contributed by atoms with E-state index in [2.05, 4.69) is 37.8 Å². The zero-order valence-electron chi connectivity index (χ0n) is 11.6. The van der Waals surface area contributed by atoms with E-state index in [1.54, 1.807) is 0 Å². The smallest absolute Gasteiger partial charge is 0.0816 e. The predicted octanol–water partition coefficient (Wildman–Crippen LogP) is 3.18. The second-order valence-electron chi connectivity index (χ2n) is 4.95. The Labute approximate surface area is 116 Å². The van der Waals surface area contributed by atoms with Crippen LogP contribution in [0.2, 0.25) is 0 Å². The summed E-state index contributed by atoms with van der Waals surface area (Å²) in [5.74, 6) is 0.148. The topological polar surface area (TPSA) is 29.3 Å². The van der Waals surface area contributed by atoms with Crippen molar-refractivity contribution in [2.24, 2.45) is 5.73 Å². The lowest BCUT2D eigenvalue weighted by Gasteiger charge is -2.30. The van der Waals surface area contributed by atoms with Gasteiger partial charge < -0.3 is 5.73 Å². The fraction of sp³-hybridized carbons (Fsp3) is 0.533. The molecule has 1 atom stereocenters. The van der Waals surface area contributed by atoms with Gasteiger partial charge in [0.2, 0.25) is 0 Å². The summed E-state index contributed by atoms with van der Waals surface area (Å²) in [5, 5.41) is 0. The highest BCUT2D eigenvalue weighted by atomic mass is 32.1. The molecule has 1 aromatic rings. The molecular weight excluding hydrogens is 240 g/mol. The van der Waals surface area contributed by atoms with Crippen LogP contribution in [0.5, 0.6) is 0 Å². The van der Waals surface area contributed by atoms with E-state index in [1.807, 2.05) is 18.2 Å². The minimum atomic E-state index is 0.148. The first-order chi connectivity index (χ1) is 8.56. The molecule has 3 heteroatoms.